The van der Waals surface area contributed by atoms with E-state index >= 15 is 0 Å². The number of nitrogens with zero attached hydrogens (tertiary/aromatic N) is 1. The molecule has 1 saturated heterocycles. The molecule has 4 nitrogen and oxygen atoms in total. The van der Waals surface area contributed by atoms with Crippen molar-refractivity contribution in [3.8, 4) is 0 Å². The summed E-state index contributed by atoms with van der Waals surface area (Å²) in [6, 6.07) is 4.49. The van der Waals surface area contributed by atoms with Crippen molar-refractivity contribution in [2.24, 2.45) is 5.73 Å². The number of rotatable bonds is 4. The van der Waals surface area contributed by atoms with Gasteiger partial charge in [0.15, 0.2) is 0 Å². The van der Waals surface area contributed by atoms with Crippen LogP contribution in [-0.2, 0) is 11.3 Å². The Balaban J connectivity index is 2.21. The molecular weight excluding hydrogens is 247 g/mol. The van der Waals surface area contributed by atoms with Gasteiger partial charge in [-0.25, -0.2) is 4.39 Å². The van der Waals surface area contributed by atoms with Crippen LogP contribution < -0.4 is 5.73 Å². The van der Waals surface area contributed by atoms with Crippen molar-refractivity contribution in [2.75, 3.05) is 20.2 Å². The monoisotopic (exact) mass is 266 g/mol. The number of halogens is 1. The van der Waals surface area contributed by atoms with Gasteiger partial charge in [0.05, 0.1) is 6.61 Å². The lowest BCUT2D eigenvalue weighted by molar-refractivity contribution is 0.0740. The highest BCUT2D eigenvalue weighted by atomic mass is 19.1. The van der Waals surface area contributed by atoms with Gasteiger partial charge >= 0.3 is 0 Å². The number of hydrogen-bond acceptors (Lipinski definition) is 3. The van der Waals surface area contributed by atoms with Crippen molar-refractivity contribution in [3.05, 3.63) is 35.1 Å². The van der Waals surface area contributed by atoms with Crippen LogP contribution in [0.3, 0.4) is 0 Å². The van der Waals surface area contributed by atoms with Crippen LogP contribution in [0, 0.1) is 5.82 Å². The van der Waals surface area contributed by atoms with Gasteiger partial charge in [0.2, 0.25) is 0 Å². The van der Waals surface area contributed by atoms with Crippen LogP contribution in [0.4, 0.5) is 4.39 Å². The first-order chi connectivity index (χ1) is 9.17. The predicted octanol–water partition coefficient (Wildman–Crippen LogP) is 1.54. The molecule has 0 aromatic heterocycles. The molecular formula is C14H19FN2O2. The Labute approximate surface area is 112 Å². The predicted molar refractivity (Wildman–Crippen MR) is 70.2 cm³/mol. The third-order valence-corrected chi connectivity index (χ3v) is 3.50. The van der Waals surface area contributed by atoms with Crippen molar-refractivity contribution in [2.45, 2.75) is 25.5 Å². The van der Waals surface area contributed by atoms with Crippen LogP contribution in [0.15, 0.2) is 18.2 Å². The maximum absolute atomic E-state index is 13.5. The average molecular weight is 266 g/mol. The molecule has 1 atom stereocenters. The van der Waals surface area contributed by atoms with Gasteiger partial charge in [-0.05, 0) is 31.0 Å². The number of ether oxygens (including phenoxy) is 1. The fraction of sp³-hybridized carbons (Fsp3) is 0.500. The SMILES string of the molecule is COCc1cc(C(=O)N2CCC[C@@H]2CN)ccc1F. The summed E-state index contributed by atoms with van der Waals surface area (Å²) in [4.78, 5) is 14.2. The third kappa shape index (κ3) is 2.93. The topological polar surface area (TPSA) is 55.6 Å². The second kappa shape index (κ2) is 6.12. The Morgan fingerprint density at radius 3 is 3.05 bits per heavy atom. The van der Waals surface area contributed by atoms with E-state index in [0.29, 0.717) is 17.7 Å². The number of carbonyl (C=O) groups is 1. The summed E-state index contributed by atoms with van der Waals surface area (Å²) in [6.45, 7) is 1.35. The van der Waals surface area contributed by atoms with E-state index in [1.165, 1.54) is 19.2 Å². The molecule has 1 fully saturated rings. The van der Waals surface area contributed by atoms with Crippen molar-refractivity contribution in [3.63, 3.8) is 0 Å². The summed E-state index contributed by atoms with van der Waals surface area (Å²) in [7, 11) is 1.50. The quantitative estimate of drug-likeness (QED) is 0.899. The number of amides is 1. The van der Waals surface area contributed by atoms with Crippen LogP contribution in [0.2, 0.25) is 0 Å². The van der Waals surface area contributed by atoms with Crippen LogP contribution >= 0.6 is 0 Å². The lowest BCUT2D eigenvalue weighted by Gasteiger charge is -2.23. The van der Waals surface area contributed by atoms with E-state index < -0.39 is 0 Å². The summed E-state index contributed by atoms with van der Waals surface area (Å²) in [5.41, 5.74) is 6.56. The second-order valence-corrected chi connectivity index (χ2v) is 4.77. The molecule has 0 radical (unpaired) electrons. The summed E-state index contributed by atoms with van der Waals surface area (Å²) in [5.74, 6) is -0.430. The van der Waals surface area contributed by atoms with Gasteiger partial charge in [0, 0.05) is 37.4 Å². The average Bonchev–Trinajstić information content (AvgIpc) is 2.89. The lowest BCUT2D eigenvalue weighted by atomic mass is 10.1. The Kier molecular flexibility index (Phi) is 4.50. The molecule has 0 saturated carbocycles. The fourth-order valence-electron chi connectivity index (χ4n) is 2.49. The Morgan fingerprint density at radius 2 is 2.37 bits per heavy atom. The third-order valence-electron chi connectivity index (χ3n) is 3.50. The molecule has 1 aliphatic rings. The minimum absolute atomic E-state index is 0.0784. The highest BCUT2D eigenvalue weighted by molar-refractivity contribution is 5.94. The van der Waals surface area contributed by atoms with Crippen molar-refractivity contribution in [1.29, 1.82) is 0 Å². The molecule has 0 unspecified atom stereocenters. The van der Waals surface area contributed by atoms with Crippen LogP contribution in [0.1, 0.15) is 28.8 Å². The van der Waals surface area contributed by atoms with Gasteiger partial charge in [-0.15, -0.1) is 0 Å². The molecule has 0 aliphatic carbocycles. The molecule has 1 amide bonds. The fourth-order valence-corrected chi connectivity index (χ4v) is 2.49. The Morgan fingerprint density at radius 1 is 1.58 bits per heavy atom. The first kappa shape index (κ1) is 14.0. The lowest BCUT2D eigenvalue weighted by Crippen LogP contribution is -2.39. The van der Waals surface area contributed by atoms with E-state index in [1.807, 2.05) is 0 Å². The molecule has 1 aromatic carbocycles. The summed E-state index contributed by atoms with van der Waals surface area (Å²) >= 11 is 0. The van der Waals surface area contributed by atoms with E-state index in [-0.39, 0.29) is 24.4 Å². The summed E-state index contributed by atoms with van der Waals surface area (Å²) < 4.78 is 18.4. The highest BCUT2D eigenvalue weighted by Crippen LogP contribution is 2.20. The number of carbonyl (C=O) groups excluding carboxylic acids is 1. The van der Waals surface area contributed by atoms with Gasteiger partial charge in [-0.2, -0.15) is 0 Å². The van der Waals surface area contributed by atoms with E-state index in [1.54, 1.807) is 11.0 Å². The number of likely N-dealkylation sites (tertiary alicyclic amines) is 1. The van der Waals surface area contributed by atoms with E-state index in [4.69, 9.17) is 10.5 Å². The number of benzene rings is 1. The number of methoxy groups -OCH3 is 1. The molecule has 1 aliphatic heterocycles. The molecule has 1 aromatic rings. The summed E-state index contributed by atoms with van der Waals surface area (Å²) in [5, 5.41) is 0. The van der Waals surface area contributed by atoms with E-state index in [9.17, 15) is 9.18 Å². The summed E-state index contributed by atoms with van der Waals surface area (Å²) in [6.07, 6.45) is 1.91. The van der Waals surface area contributed by atoms with Gasteiger partial charge in [-0.3, -0.25) is 4.79 Å². The minimum Gasteiger partial charge on any atom is -0.380 e. The Hall–Kier alpha value is -1.46. The molecule has 0 bridgehead atoms. The van der Waals surface area contributed by atoms with Gasteiger partial charge < -0.3 is 15.4 Å². The largest absolute Gasteiger partial charge is 0.380 e. The normalized spacial score (nSPS) is 18.9. The molecule has 104 valence electrons. The van der Waals surface area contributed by atoms with Crippen molar-refractivity contribution >= 4 is 5.91 Å². The van der Waals surface area contributed by atoms with E-state index in [2.05, 4.69) is 0 Å². The first-order valence-electron chi connectivity index (χ1n) is 6.45. The van der Waals surface area contributed by atoms with Gasteiger partial charge in [-0.1, -0.05) is 0 Å². The zero-order valence-corrected chi connectivity index (χ0v) is 11.1. The zero-order chi connectivity index (χ0) is 13.8. The van der Waals surface area contributed by atoms with Crippen LogP contribution in [0.25, 0.3) is 0 Å². The van der Waals surface area contributed by atoms with E-state index in [0.717, 1.165) is 19.4 Å². The number of hydrogen-bond donors (Lipinski definition) is 1. The maximum atomic E-state index is 13.5. The Bertz CT molecular complexity index is 465. The van der Waals surface area contributed by atoms with Crippen LogP contribution in [-0.4, -0.2) is 37.0 Å². The molecule has 2 N–H and O–H groups in total. The minimum atomic E-state index is -0.352. The molecule has 5 heteroatoms. The smallest absolute Gasteiger partial charge is 0.254 e. The van der Waals surface area contributed by atoms with Crippen LogP contribution in [0.5, 0.6) is 0 Å². The van der Waals surface area contributed by atoms with Crippen molar-refractivity contribution < 1.29 is 13.9 Å². The number of nitrogens with two attached hydrogens (primary N) is 1. The molecule has 19 heavy (non-hydrogen) atoms. The zero-order valence-electron chi connectivity index (χ0n) is 11.1. The molecule has 0 spiro atoms. The van der Waals surface area contributed by atoms with Gasteiger partial charge in [0.1, 0.15) is 5.82 Å². The van der Waals surface area contributed by atoms with Crippen molar-refractivity contribution in [1.82, 2.24) is 4.90 Å². The maximum Gasteiger partial charge on any atom is 0.254 e. The first-order valence-corrected chi connectivity index (χ1v) is 6.45. The molecule has 1 heterocycles. The second-order valence-electron chi connectivity index (χ2n) is 4.77. The van der Waals surface area contributed by atoms with Gasteiger partial charge in [0.25, 0.3) is 5.91 Å². The standard InChI is InChI=1S/C14H19FN2O2/c1-19-9-11-7-10(4-5-13(11)15)14(18)17-6-2-3-12(17)8-16/h4-5,7,12H,2-3,6,8-9,16H2,1H3/t12-/m1/s1. The highest BCUT2D eigenvalue weighted by Gasteiger charge is 2.28. The molecule has 2 rings (SSSR count).